The quantitative estimate of drug-likeness (QED) is 0.541. The minimum atomic E-state index is -0.454. The highest BCUT2D eigenvalue weighted by Gasteiger charge is 2.23. The van der Waals surface area contributed by atoms with Crippen LogP contribution < -0.4 is 4.74 Å². The molecule has 160 valence electrons. The summed E-state index contributed by atoms with van der Waals surface area (Å²) in [7, 11) is 0. The Labute approximate surface area is 177 Å². The van der Waals surface area contributed by atoms with E-state index in [-0.39, 0.29) is 5.75 Å². The first-order valence-corrected chi connectivity index (χ1v) is 10.3. The number of para-hydroxylation sites is 2. The molecule has 0 unspecified atom stereocenters. The van der Waals surface area contributed by atoms with E-state index in [2.05, 4.69) is 18.7 Å². The molecule has 3 rings (SSSR count). The van der Waals surface area contributed by atoms with Gasteiger partial charge in [-0.25, -0.2) is 9.07 Å². The van der Waals surface area contributed by atoms with E-state index >= 15 is 0 Å². The summed E-state index contributed by atoms with van der Waals surface area (Å²) in [6.45, 7) is 9.90. The summed E-state index contributed by atoms with van der Waals surface area (Å²) in [5, 5.41) is 14.7. The van der Waals surface area contributed by atoms with E-state index < -0.39 is 11.9 Å². The Kier molecular flexibility index (Phi) is 7.24. The fourth-order valence-electron chi connectivity index (χ4n) is 3.52. The number of nitrogens with zero attached hydrogens (tertiary/aromatic N) is 3. The first-order chi connectivity index (χ1) is 14.3. The molecular formula is C24H30FN3O2. The van der Waals surface area contributed by atoms with Gasteiger partial charge in [-0.3, -0.25) is 4.90 Å². The topological polar surface area (TPSA) is 50.5 Å². The summed E-state index contributed by atoms with van der Waals surface area (Å²) in [5.41, 5.74) is 2.53. The van der Waals surface area contributed by atoms with Gasteiger partial charge in [0, 0.05) is 19.6 Å². The van der Waals surface area contributed by atoms with Gasteiger partial charge in [-0.2, -0.15) is 5.10 Å². The Hall–Kier alpha value is -2.70. The van der Waals surface area contributed by atoms with Crippen LogP contribution >= 0.6 is 0 Å². The van der Waals surface area contributed by atoms with Crippen LogP contribution in [0.2, 0.25) is 0 Å². The molecule has 6 heteroatoms. The van der Waals surface area contributed by atoms with Gasteiger partial charge in [0.05, 0.1) is 23.0 Å². The Morgan fingerprint density at radius 3 is 2.33 bits per heavy atom. The van der Waals surface area contributed by atoms with Gasteiger partial charge < -0.3 is 9.84 Å². The van der Waals surface area contributed by atoms with Crippen molar-refractivity contribution in [2.45, 2.75) is 40.3 Å². The minimum absolute atomic E-state index is 0.154. The monoisotopic (exact) mass is 411 g/mol. The van der Waals surface area contributed by atoms with E-state index in [9.17, 15) is 9.50 Å². The number of aromatic nitrogens is 2. The number of aryl methyl sites for hydroxylation is 1. The zero-order valence-corrected chi connectivity index (χ0v) is 18.0. The first kappa shape index (κ1) is 22.0. The predicted molar refractivity (Wildman–Crippen MR) is 117 cm³/mol. The number of hydrogen-bond acceptors (Lipinski definition) is 4. The molecule has 2 aromatic carbocycles. The fourth-order valence-corrected chi connectivity index (χ4v) is 3.52. The summed E-state index contributed by atoms with van der Waals surface area (Å²) in [4.78, 5) is 2.18. The molecule has 0 aliphatic carbocycles. The number of aliphatic hydroxyl groups is 1. The van der Waals surface area contributed by atoms with Crippen molar-refractivity contribution in [3.8, 4) is 17.3 Å². The molecule has 0 radical (unpaired) electrons. The van der Waals surface area contributed by atoms with Crippen molar-refractivity contribution >= 4 is 0 Å². The van der Waals surface area contributed by atoms with Crippen molar-refractivity contribution in [1.82, 2.24) is 14.7 Å². The number of benzene rings is 2. The number of ether oxygens (including phenoxy) is 1. The van der Waals surface area contributed by atoms with E-state index in [1.807, 2.05) is 37.3 Å². The van der Waals surface area contributed by atoms with Crippen LogP contribution in [0.25, 0.3) is 5.69 Å². The lowest BCUT2D eigenvalue weighted by Crippen LogP contribution is -2.33. The standard InChI is InChI=1S/C24H30FN3O2/c1-17(2)14-27(15-18(3)29)16-21-19(4)26-28(20-10-6-5-7-11-20)24(21)30-23-13-9-8-12-22(23)25/h5-13,17-18,29H,14-16H2,1-4H3/t18-/m0/s1. The van der Waals surface area contributed by atoms with Crippen molar-refractivity contribution in [3.63, 3.8) is 0 Å². The van der Waals surface area contributed by atoms with Crippen LogP contribution in [0, 0.1) is 18.7 Å². The second kappa shape index (κ2) is 9.87. The predicted octanol–water partition coefficient (Wildman–Crippen LogP) is 4.95. The Balaban J connectivity index is 2.05. The molecule has 0 spiro atoms. The lowest BCUT2D eigenvalue weighted by Gasteiger charge is -2.26. The number of hydrogen-bond donors (Lipinski definition) is 1. The largest absolute Gasteiger partial charge is 0.435 e. The molecule has 0 saturated carbocycles. The van der Waals surface area contributed by atoms with Gasteiger partial charge in [0.2, 0.25) is 5.88 Å². The van der Waals surface area contributed by atoms with E-state index in [1.54, 1.807) is 29.8 Å². The van der Waals surface area contributed by atoms with Crippen molar-refractivity contribution in [2.24, 2.45) is 5.92 Å². The average Bonchev–Trinajstić information content (AvgIpc) is 2.99. The van der Waals surface area contributed by atoms with Crippen molar-refractivity contribution in [2.75, 3.05) is 13.1 Å². The summed E-state index contributed by atoms with van der Waals surface area (Å²) in [6, 6.07) is 16.0. The molecule has 5 nitrogen and oxygen atoms in total. The molecule has 0 amide bonds. The molecule has 0 fully saturated rings. The maximum absolute atomic E-state index is 14.4. The van der Waals surface area contributed by atoms with E-state index in [0.29, 0.717) is 24.9 Å². The van der Waals surface area contributed by atoms with E-state index in [0.717, 1.165) is 23.5 Å². The van der Waals surface area contributed by atoms with E-state index in [1.165, 1.54) is 6.07 Å². The molecule has 0 aliphatic heterocycles. The zero-order chi connectivity index (χ0) is 21.7. The normalized spacial score (nSPS) is 12.5. The Morgan fingerprint density at radius 2 is 1.70 bits per heavy atom. The maximum atomic E-state index is 14.4. The van der Waals surface area contributed by atoms with Gasteiger partial charge >= 0.3 is 0 Å². The van der Waals surface area contributed by atoms with E-state index in [4.69, 9.17) is 9.84 Å². The summed E-state index contributed by atoms with van der Waals surface area (Å²) in [6.07, 6.45) is -0.454. The van der Waals surface area contributed by atoms with Gasteiger partial charge in [-0.05, 0) is 44.0 Å². The smallest absolute Gasteiger partial charge is 0.227 e. The van der Waals surface area contributed by atoms with Crippen molar-refractivity contribution in [3.05, 3.63) is 71.7 Å². The lowest BCUT2D eigenvalue weighted by atomic mass is 10.1. The molecule has 1 N–H and O–H groups in total. The van der Waals surface area contributed by atoms with Crippen LogP contribution in [0.5, 0.6) is 11.6 Å². The molecule has 0 saturated heterocycles. The molecule has 30 heavy (non-hydrogen) atoms. The van der Waals surface area contributed by atoms with Gasteiger partial charge in [0.1, 0.15) is 0 Å². The average molecular weight is 412 g/mol. The van der Waals surface area contributed by atoms with Crippen molar-refractivity contribution < 1.29 is 14.2 Å². The molecular weight excluding hydrogens is 381 g/mol. The molecule has 1 aromatic heterocycles. The molecule has 3 aromatic rings. The van der Waals surface area contributed by atoms with Gasteiger partial charge in [-0.15, -0.1) is 0 Å². The van der Waals surface area contributed by atoms with Crippen LogP contribution in [0.3, 0.4) is 0 Å². The van der Waals surface area contributed by atoms with Gasteiger partial charge in [-0.1, -0.05) is 44.2 Å². The molecule has 1 atom stereocenters. The molecule has 1 heterocycles. The maximum Gasteiger partial charge on any atom is 0.227 e. The van der Waals surface area contributed by atoms with Crippen LogP contribution in [0.4, 0.5) is 4.39 Å². The zero-order valence-electron chi connectivity index (χ0n) is 18.0. The molecule has 0 aliphatic rings. The highest BCUT2D eigenvalue weighted by molar-refractivity contribution is 5.43. The van der Waals surface area contributed by atoms with Crippen LogP contribution in [-0.2, 0) is 6.54 Å². The Morgan fingerprint density at radius 1 is 1.03 bits per heavy atom. The third-order valence-electron chi connectivity index (χ3n) is 4.71. The highest BCUT2D eigenvalue weighted by Crippen LogP contribution is 2.32. The number of aliphatic hydroxyl groups excluding tert-OH is 1. The second-order valence-corrected chi connectivity index (χ2v) is 8.09. The third kappa shape index (κ3) is 5.46. The molecule has 0 bridgehead atoms. The summed E-state index contributed by atoms with van der Waals surface area (Å²) < 4.78 is 22.2. The van der Waals surface area contributed by atoms with Crippen molar-refractivity contribution in [1.29, 1.82) is 0 Å². The second-order valence-electron chi connectivity index (χ2n) is 8.09. The first-order valence-electron chi connectivity index (χ1n) is 10.3. The minimum Gasteiger partial charge on any atom is -0.435 e. The lowest BCUT2D eigenvalue weighted by molar-refractivity contribution is 0.114. The van der Waals surface area contributed by atoms with Gasteiger partial charge in [0.15, 0.2) is 11.6 Å². The van der Waals surface area contributed by atoms with Gasteiger partial charge in [0.25, 0.3) is 0 Å². The number of rotatable bonds is 9. The van der Waals surface area contributed by atoms with Crippen LogP contribution in [-0.4, -0.2) is 39.0 Å². The Bertz CT molecular complexity index is 944. The highest BCUT2D eigenvalue weighted by atomic mass is 19.1. The summed E-state index contributed by atoms with van der Waals surface area (Å²) in [5.74, 6) is 0.652. The van der Waals surface area contributed by atoms with Crippen LogP contribution in [0.15, 0.2) is 54.6 Å². The SMILES string of the molecule is Cc1nn(-c2ccccc2)c(Oc2ccccc2F)c1CN(CC(C)C)C[C@H](C)O. The van der Waals surface area contributed by atoms with Crippen LogP contribution in [0.1, 0.15) is 32.0 Å². The third-order valence-corrected chi connectivity index (χ3v) is 4.71. The number of halogens is 1. The summed E-state index contributed by atoms with van der Waals surface area (Å²) >= 11 is 0. The fraction of sp³-hybridized carbons (Fsp3) is 0.375.